The lowest BCUT2D eigenvalue weighted by Crippen LogP contribution is -2.47. The van der Waals surface area contributed by atoms with Gasteiger partial charge in [0.25, 0.3) is 11.8 Å². The summed E-state index contributed by atoms with van der Waals surface area (Å²) in [5, 5.41) is 12.6. The molecule has 4 rings (SSSR count). The molecular formula is C27H30N4O3. The topological polar surface area (TPSA) is 98.9 Å². The zero-order valence-corrected chi connectivity index (χ0v) is 19.3. The lowest BCUT2D eigenvalue weighted by molar-refractivity contribution is 0.0916. The van der Waals surface area contributed by atoms with Crippen LogP contribution in [0.25, 0.3) is 0 Å². The molecule has 0 bridgehead atoms. The number of para-hydroxylation sites is 1. The third-order valence-electron chi connectivity index (χ3n) is 6.29. The predicted molar refractivity (Wildman–Crippen MR) is 134 cm³/mol. The summed E-state index contributed by atoms with van der Waals surface area (Å²) in [5.41, 5.74) is 10.3. The summed E-state index contributed by atoms with van der Waals surface area (Å²) >= 11 is 0. The molecule has 34 heavy (non-hydrogen) atoms. The van der Waals surface area contributed by atoms with Crippen molar-refractivity contribution in [3.8, 4) is 0 Å². The van der Waals surface area contributed by atoms with Gasteiger partial charge in [-0.25, -0.2) is 0 Å². The Labute approximate surface area is 199 Å². The number of benzene rings is 3. The van der Waals surface area contributed by atoms with Gasteiger partial charge in [0.1, 0.15) is 0 Å². The number of hydrogen-bond acceptors (Lipinski definition) is 5. The molecule has 0 aliphatic carbocycles. The molecule has 1 saturated heterocycles. The van der Waals surface area contributed by atoms with Crippen molar-refractivity contribution < 1.29 is 14.7 Å². The number of nitrogens with two attached hydrogens (primary N) is 1. The van der Waals surface area contributed by atoms with Crippen LogP contribution >= 0.6 is 0 Å². The second kappa shape index (κ2) is 10.4. The zero-order chi connectivity index (χ0) is 24.1. The fourth-order valence-corrected chi connectivity index (χ4v) is 4.42. The van der Waals surface area contributed by atoms with Crippen LogP contribution in [0.4, 0.5) is 11.4 Å². The Hall–Kier alpha value is -3.84. The summed E-state index contributed by atoms with van der Waals surface area (Å²) in [6.07, 6.45) is 0. The maximum atomic E-state index is 12.9. The number of rotatable bonds is 7. The van der Waals surface area contributed by atoms with Crippen LogP contribution in [0.3, 0.4) is 0 Å². The van der Waals surface area contributed by atoms with Crippen LogP contribution in [-0.4, -0.2) is 49.7 Å². The highest BCUT2D eigenvalue weighted by Gasteiger charge is 2.23. The molecular weight excluding hydrogens is 428 g/mol. The van der Waals surface area contributed by atoms with Crippen molar-refractivity contribution in [2.45, 2.75) is 13.0 Å². The molecule has 0 saturated carbocycles. The average molecular weight is 459 g/mol. The Bertz CT molecular complexity index is 1160. The van der Waals surface area contributed by atoms with Crippen molar-refractivity contribution in [3.05, 3.63) is 95.1 Å². The normalized spacial score (nSPS) is 14.5. The van der Waals surface area contributed by atoms with Crippen LogP contribution in [-0.2, 0) is 0 Å². The first-order valence-electron chi connectivity index (χ1n) is 11.4. The number of carbonyl (C=O) groups is 2. The van der Waals surface area contributed by atoms with E-state index in [1.54, 1.807) is 18.2 Å². The summed E-state index contributed by atoms with van der Waals surface area (Å²) < 4.78 is 0. The van der Waals surface area contributed by atoms with E-state index in [-0.39, 0.29) is 12.5 Å². The van der Waals surface area contributed by atoms with Crippen molar-refractivity contribution in [3.63, 3.8) is 0 Å². The molecule has 0 spiro atoms. The Morgan fingerprint density at radius 3 is 2.15 bits per heavy atom. The zero-order valence-electron chi connectivity index (χ0n) is 19.3. The van der Waals surface area contributed by atoms with Crippen LogP contribution in [0.2, 0.25) is 0 Å². The van der Waals surface area contributed by atoms with Gasteiger partial charge < -0.3 is 26.0 Å². The number of nitrogens with one attached hydrogen (secondary N) is 1. The first kappa shape index (κ1) is 23.3. The van der Waals surface area contributed by atoms with E-state index in [9.17, 15) is 14.7 Å². The van der Waals surface area contributed by atoms with Gasteiger partial charge in [0.15, 0.2) is 0 Å². The SMILES string of the molecule is Cc1ccccc1N1CCN(c2ccc(C(=O)N[C@H](CO)c3ccccc3)cc2C(N)=O)CC1. The number of aliphatic hydroxyl groups is 1. The molecule has 4 N–H and O–H groups in total. The molecule has 1 fully saturated rings. The van der Waals surface area contributed by atoms with Gasteiger partial charge >= 0.3 is 0 Å². The van der Waals surface area contributed by atoms with E-state index < -0.39 is 11.9 Å². The van der Waals surface area contributed by atoms with Gasteiger partial charge in [-0.2, -0.15) is 0 Å². The molecule has 1 heterocycles. The van der Waals surface area contributed by atoms with Crippen LogP contribution < -0.4 is 20.9 Å². The van der Waals surface area contributed by atoms with E-state index in [0.29, 0.717) is 11.1 Å². The fraction of sp³-hybridized carbons (Fsp3) is 0.259. The summed E-state index contributed by atoms with van der Waals surface area (Å²) in [6, 6.07) is 22.1. The van der Waals surface area contributed by atoms with Crippen LogP contribution in [0, 0.1) is 6.92 Å². The van der Waals surface area contributed by atoms with Crippen molar-refractivity contribution in [1.29, 1.82) is 0 Å². The van der Waals surface area contributed by atoms with Gasteiger partial charge in [0.2, 0.25) is 0 Å². The highest BCUT2D eigenvalue weighted by Crippen LogP contribution is 2.26. The predicted octanol–water partition coefficient (Wildman–Crippen LogP) is 2.88. The summed E-state index contributed by atoms with van der Waals surface area (Å²) in [4.78, 5) is 29.6. The number of aryl methyl sites for hydroxylation is 1. The lowest BCUT2D eigenvalue weighted by atomic mass is 10.0. The number of primary amides is 1. The number of amides is 2. The third-order valence-corrected chi connectivity index (χ3v) is 6.29. The first-order chi connectivity index (χ1) is 16.5. The van der Waals surface area contributed by atoms with Gasteiger partial charge in [0, 0.05) is 43.1 Å². The fourth-order valence-electron chi connectivity index (χ4n) is 4.42. The molecule has 176 valence electrons. The Balaban J connectivity index is 1.49. The summed E-state index contributed by atoms with van der Waals surface area (Å²) in [7, 11) is 0. The monoisotopic (exact) mass is 458 g/mol. The first-order valence-corrected chi connectivity index (χ1v) is 11.4. The number of nitrogens with zero attached hydrogens (tertiary/aromatic N) is 2. The lowest BCUT2D eigenvalue weighted by Gasteiger charge is -2.38. The molecule has 0 radical (unpaired) electrons. The van der Waals surface area contributed by atoms with Crippen molar-refractivity contribution in [1.82, 2.24) is 5.32 Å². The second-order valence-electron chi connectivity index (χ2n) is 8.48. The number of aliphatic hydroxyl groups excluding tert-OH is 1. The number of piperazine rings is 1. The van der Waals surface area contributed by atoms with E-state index in [1.807, 2.05) is 42.5 Å². The Kier molecular flexibility index (Phi) is 7.13. The van der Waals surface area contributed by atoms with Gasteiger partial charge in [-0.05, 0) is 42.3 Å². The van der Waals surface area contributed by atoms with Crippen molar-refractivity contribution in [2.24, 2.45) is 5.73 Å². The maximum Gasteiger partial charge on any atom is 0.251 e. The molecule has 7 heteroatoms. The van der Waals surface area contributed by atoms with E-state index in [2.05, 4.69) is 34.2 Å². The highest BCUT2D eigenvalue weighted by atomic mass is 16.3. The highest BCUT2D eigenvalue weighted by molar-refractivity contribution is 6.03. The molecule has 1 atom stereocenters. The van der Waals surface area contributed by atoms with Gasteiger partial charge in [-0.1, -0.05) is 48.5 Å². The molecule has 1 aliphatic heterocycles. The third kappa shape index (κ3) is 5.05. The second-order valence-corrected chi connectivity index (χ2v) is 8.48. The van der Waals surface area contributed by atoms with E-state index in [4.69, 9.17) is 5.73 Å². The number of anilines is 2. The molecule has 0 aromatic heterocycles. The molecule has 0 unspecified atom stereocenters. The van der Waals surface area contributed by atoms with Gasteiger partial charge in [-0.15, -0.1) is 0 Å². The standard InChI is InChI=1S/C27H30N4O3/c1-19-7-5-6-10-24(19)30-13-15-31(16-14-30)25-12-11-21(17-22(25)26(28)33)27(34)29-23(18-32)20-8-3-2-4-9-20/h2-12,17,23,32H,13-16,18H2,1H3,(H2,28,33)(H,29,34)/t23-/m1/s1. The minimum atomic E-state index is -0.576. The number of hydrogen-bond donors (Lipinski definition) is 3. The minimum Gasteiger partial charge on any atom is -0.394 e. The molecule has 2 amide bonds. The summed E-state index contributed by atoms with van der Waals surface area (Å²) in [6.45, 7) is 4.99. The van der Waals surface area contributed by atoms with E-state index in [1.165, 1.54) is 11.3 Å². The Morgan fingerprint density at radius 1 is 0.912 bits per heavy atom. The molecule has 3 aromatic carbocycles. The largest absolute Gasteiger partial charge is 0.394 e. The van der Waals surface area contributed by atoms with Crippen LogP contribution in [0.1, 0.15) is 37.9 Å². The van der Waals surface area contributed by atoms with Crippen LogP contribution in [0.15, 0.2) is 72.8 Å². The van der Waals surface area contributed by atoms with Crippen molar-refractivity contribution in [2.75, 3.05) is 42.6 Å². The van der Waals surface area contributed by atoms with E-state index >= 15 is 0 Å². The van der Waals surface area contributed by atoms with Gasteiger partial charge in [-0.3, -0.25) is 9.59 Å². The van der Waals surface area contributed by atoms with Crippen molar-refractivity contribution >= 4 is 23.2 Å². The molecule has 7 nitrogen and oxygen atoms in total. The average Bonchev–Trinajstić information content (AvgIpc) is 2.87. The summed E-state index contributed by atoms with van der Waals surface area (Å²) in [5.74, 6) is -0.950. The molecule has 1 aliphatic rings. The van der Waals surface area contributed by atoms with Gasteiger partial charge in [0.05, 0.1) is 18.2 Å². The smallest absolute Gasteiger partial charge is 0.251 e. The quantitative estimate of drug-likeness (QED) is 0.506. The Morgan fingerprint density at radius 2 is 1.53 bits per heavy atom. The number of carbonyl (C=O) groups excluding carboxylic acids is 2. The van der Waals surface area contributed by atoms with E-state index in [0.717, 1.165) is 37.4 Å². The van der Waals surface area contributed by atoms with Crippen LogP contribution in [0.5, 0.6) is 0 Å². The molecule has 3 aromatic rings. The maximum absolute atomic E-state index is 12.9. The minimum absolute atomic E-state index is 0.234.